The number of halogens is 2. The summed E-state index contributed by atoms with van der Waals surface area (Å²) in [7, 11) is 0. The van der Waals surface area contributed by atoms with Crippen molar-refractivity contribution in [1.82, 2.24) is 14.6 Å². The van der Waals surface area contributed by atoms with Gasteiger partial charge in [0.15, 0.2) is 5.65 Å². The van der Waals surface area contributed by atoms with Crippen LogP contribution in [0.4, 0.5) is 14.6 Å². The zero-order chi connectivity index (χ0) is 29.6. The molecule has 0 aliphatic carbocycles. The summed E-state index contributed by atoms with van der Waals surface area (Å²) in [6.45, 7) is 7.34. The number of carboxylic acids is 1. The van der Waals surface area contributed by atoms with Crippen LogP contribution >= 0.6 is 0 Å². The van der Waals surface area contributed by atoms with Gasteiger partial charge in [-0.15, -0.1) is 0 Å². The molecule has 5 heterocycles. The van der Waals surface area contributed by atoms with Crippen LogP contribution in [0.25, 0.3) is 28.0 Å². The van der Waals surface area contributed by atoms with E-state index in [2.05, 4.69) is 11.8 Å². The first kappa shape index (κ1) is 27.8. The molecule has 1 saturated heterocycles. The maximum atomic E-state index is 15.3. The van der Waals surface area contributed by atoms with Crippen LogP contribution in [0.3, 0.4) is 0 Å². The number of hydrogen-bond donors (Lipinski definition) is 1. The van der Waals surface area contributed by atoms with Gasteiger partial charge in [0.2, 0.25) is 0 Å². The number of fused-ring (bicyclic) bond motifs is 6. The number of benzene rings is 2. The van der Waals surface area contributed by atoms with E-state index in [-0.39, 0.29) is 23.3 Å². The molecule has 3 aliphatic heterocycles. The molecule has 0 amide bonds. The smallest absolute Gasteiger partial charge is 0.308 e. The van der Waals surface area contributed by atoms with Gasteiger partial charge in [-0.2, -0.15) is 9.61 Å². The van der Waals surface area contributed by atoms with Crippen molar-refractivity contribution in [3.05, 3.63) is 77.5 Å². The highest BCUT2D eigenvalue weighted by molar-refractivity contribution is 5.78. The number of ether oxygens (including phenoxy) is 2. The van der Waals surface area contributed by atoms with Crippen LogP contribution < -0.4 is 9.64 Å². The van der Waals surface area contributed by atoms with Gasteiger partial charge < -0.3 is 19.5 Å². The van der Waals surface area contributed by atoms with Gasteiger partial charge in [0.1, 0.15) is 29.3 Å². The molecular formula is C32H32F2N4O4. The van der Waals surface area contributed by atoms with Crippen molar-refractivity contribution in [2.75, 3.05) is 24.6 Å². The van der Waals surface area contributed by atoms with Crippen molar-refractivity contribution in [2.45, 2.75) is 51.7 Å². The van der Waals surface area contributed by atoms with Gasteiger partial charge in [0.25, 0.3) is 0 Å². The van der Waals surface area contributed by atoms with E-state index in [0.29, 0.717) is 59.2 Å². The van der Waals surface area contributed by atoms with E-state index in [1.54, 1.807) is 29.6 Å². The number of piperidine rings is 1. The van der Waals surface area contributed by atoms with Gasteiger partial charge in [-0.25, -0.2) is 13.8 Å². The summed E-state index contributed by atoms with van der Waals surface area (Å²) < 4.78 is 43.6. The Morgan fingerprint density at radius 1 is 1.14 bits per heavy atom. The van der Waals surface area contributed by atoms with Crippen LogP contribution in [-0.4, -0.2) is 57.1 Å². The standard InChI is InChI=1S/C32H32F2N4O4/c1-19-6-5-13-41-32(3)9-11-37(12-10-32)31-24(17-29(39)40)20(2)35-28-18-26(36-38(28)31)21-7-4-8-22(14-21)30-25(34)15-23(33)16-27(30)42-19/h4-8,14-16,18-19H,9-13,17H2,1-3H3,(H,39,40)/b6-5+. The second kappa shape index (κ2) is 10.8. The van der Waals surface area contributed by atoms with E-state index in [4.69, 9.17) is 19.6 Å². The third-order valence-electron chi connectivity index (χ3n) is 8.04. The topological polar surface area (TPSA) is 89.2 Å². The summed E-state index contributed by atoms with van der Waals surface area (Å²) in [5.41, 5.74) is 3.36. The van der Waals surface area contributed by atoms with Crippen LogP contribution in [0.5, 0.6) is 5.75 Å². The molecule has 8 nitrogen and oxygen atoms in total. The molecule has 218 valence electrons. The number of carbonyl (C=O) groups is 1. The number of carboxylic acid groups (broad SMARTS) is 1. The molecule has 6 bridgehead atoms. The molecule has 1 unspecified atom stereocenters. The fourth-order valence-corrected chi connectivity index (χ4v) is 5.79. The first-order valence-corrected chi connectivity index (χ1v) is 14.0. The largest absolute Gasteiger partial charge is 0.486 e. The lowest BCUT2D eigenvalue weighted by Gasteiger charge is -2.40. The summed E-state index contributed by atoms with van der Waals surface area (Å²) >= 11 is 0. The highest BCUT2D eigenvalue weighted by Gasteiger charge is 2.33. The molecule has 3 aliphatic rings. The maximum Gasteiger partial charge on any atom is 0.308 e. The van der Waals surface area contributed by atoms with Crippen molar-refractivity contribution in [1.29, 1.82) is 0 Å². The average Bonchev–Trinajstić information content (AvgIpc) is 3.35. The molecule has 42 heavy (non-hydrogen) atoms. The molecule has 4 aromatic rings. The zero-order valence-corrected chi connectivity index (χ0v) is 23.7. The Bertz CT molecular complexity index is 1710. The first-order chi connectivity index (χ1) is 20.1. The summed E-state index contributed by atoms with van der Waals surface area (Å²) in [5, 5.41) is 14.6. The molecule has 0 saturated carbocycles. The predicted octanol–water partition coefficient (Wildman–Crippen LogP) is 5.99. The summed E-state index contributed by atoms with van der Waals surface area (Å²) in [4.78, 5) is 18.7. The quantitative estimate of drug-likeness (QED) is 0.294. The number of nitrogens with zero attached hydrogens (tertiary/aromatic N) is 4. The van der Waals surface area contributed by atoms with Crippen LogP contribution in [0.15, 0.2) is 54.6 Å². The van der Waals surface area contributed by atoms with Crippen LogP contribution in [-0.2, 0) is 16.0 Å². The van der Waals surface area contributed by atoms with Gasteiger partial charge in [0, 0.05) is 48.1 Å². The first-order valence-electron chi connectivity index (χ1n) is 14.0. The van der Waals surface area contributed by atoms with Crippen molar-refractivity contribution in [2.24, 2.45) is 0 Å². The number of aromatic nitrogens is 3. The second-order valence-corrected chi connectivity index (χ2v) is 11.2. The van der Waals surface area contributed by atoms with Gasteiger partial charge in [-0.3, -0.25) is 4.79 Å². The minimum atomic E-state index is -0.948. The van der Waals surface area contributed by atoms with Gasteiger partial charge in [-0.05, 0) is 51.3 Å². The number of aliphatic carboxylic acids is 1. The fourth-order valence-electron chi connectivity index (χ4n) is 5.79. The Hall–Kier alpha value is -4.31. The van der Waals surface area contributed by atoms with Crippen molar-refractivity contribution in [3.8, 4) is 28.1 Å². The lowest BCUT2D eigenvalue weighted by Crippen LogP contribution is -2.45. The van der Waals surface area contributed by atoms with E-state index in [0.717, 1.165) is 18.9 Å². The molecule has 10 heteroatoms. The van der Waals surface area contributed by atoms with Crippen molar-refractivity contribution in [3.63, 3.8) is 0 Å². The Morgan fingerprint density at radius 3 is 2.67 bits per heavy atom. The minimum Gasteiger partial charge on any atom is -0.486 e. The van der Waals surface area contributed by atoms with Crippen LogP contribution in [0, 0.1) is 18.6 Å². The SMILES string of the molecule is Cc1nc2cc3nn2c(c1CC(=O)O)N1CCC(C)(CC1)OC/C=C/C(C)Oc1cc(F)cc(F)c1-c1cccc-3c1. The second-order valence-electron chi connectivity index (χ2n) is 11.2. The molecule has 7 rings (SSSR count). The Kier molecular flexibility index (Phi) is 7.18. The molecule has 1 fully saturated rings. The number of rotatable bonds is 2. The highest BCUT2D eigenvalue weighted by atomic mass is 19.1. The molecule has 2 aromatic carbocycles. The van der Waals surface area contributed by atoms with Crippen molar-refractivity contribution < 1.29 is 28.2 Å². The predicted molar refractivity (Wildman–Crippen MR) is 155 cm³/mol. The maximum absolute atomic E-state index is 15.3. The number of aryl methyl sites for hydroxylation is 1. The van der Waals surface area contributed by atoms with E-state index < -0.39 is 23.7 Å². The van der Waals surface area contributed by atoms with E-state index in [1.807, 2.05) is 31.2 Å². The number of hydrogen-bond acceptors (Lipinski definition) is 6. The summed E-state index contributed by atoms with van der Waals surface area (Å²) in [5.74, 6) is -1.62. The van der Waals surface area contributed by atoms with Gasteiger partial charge in [0.05, 0.1) is 29.9 Å². The molecule has 0 spiro atoms. The lowest BCUT2D eigenvalue weighted by atomic mass is 9.93. The van der Waals surface area contributed by atoms with E-state index >= 15 is 4.39 Å². The monoisotopic (exact) mass is 574 g/mol. The van der Waals surface area contributed by atoms with Gasteiger partial charge >= 0.3 is 5.97 Å². The lowest BCUT2D eigenvalue weighted by molar-refractivity contribution is -0.136. The third kappa shape index (κ3) is 5.34. The Labute approximate surface area is 242 Å². The molecule has 1 N–H and O–H groups in total. The molecule has 0 radical (unpaired) electrons. The third-order valence-corrected chi connectivity index (χ3v) is 8.04. The van der Waals surface area contributed by atoms with Gasteiger partial charge in [-0.1, -0.05) is 24.3 Å². The highest BCUT2D eigenvalue weighted by Crippen LogP contribution is 2.38. The molecule has 1 atom stereocenters. The van der Waals surface area contributed by atoms with E-state index in [1.165, 1.54) is 6.07 Å². The Balaban J connectivity index is 1.55. The van der Waals surface area contributed by atoms with Crippen LogP contribution in [0.2, 0.25) is 0 Å². The summed E-state index contributed by atoms with van der Waals surface area (Å²) in [6, 6.07) is 11.0. The molecule has 2 aromatic heterocycles. The zero-order valence-electron chi connectivity index (χ0n) is 23.7. The van der Waals surface area contributed by atoms with Crippen LogP contribution in [0.1, 0.15) is 37.9 Å². The van der Waals surface area contributed by atoms with Crippen molar-refractivity contribution >= 4 is 17.4 Å². The minimum absolute atomic E-state index is 0.0897. The normalized spacial score (nSPS) is 21.4. The van der Waals surface area contributed by atoms with E-state index in [9.17, 15) is 14.3 Å². The average molecular weight is 575 g/mol. The molecular weight excluding hydrogens is 542 g/mol. The summed E-state index contributed by atoms with van der Waals surface area (Å²) in [6.07, 6.45) is 4.48. The number of anilines is 1. The Morgan fingerprint density at radius 2 is 1.90 bits per heavy atom. The fraction of sp³-hybridized carbons (Fsp3) is 0.344.